The molecule has 16 N–H and O–H groups in total. The Kier molecular flexibility index (Phi) is 14.6. The minimum absolute atomic E-state index is 0.00877. The van der Waals surface area contributed by atoms with Crippen molar-refractivity contribution in [3.05, 3.63) is 48.0 Å². The van der Waals surface area contributed by atoms with Gasteiger partial charge in [0.15, 0.2) is 11.9 Å². The number of phenols is 1. The van der Waals surface area contributed by atoms with Crippen LogP contribution in [0, 0.1) is 0 Å². The molecule has 1 aromatic heterocycles. The van der Waals surface area contributed by atoms with Crippen molar-refractivity contribution >= 4 is 35.6 Å². The van der Waals surface area contributed by atoms with Crippen molar-refractivity contribution < 1.29 is 29.4 Å². The molecule has 0 fully saturated rings. The molecule has 0 aliphatic heterocycles. The molecule has 45 heavy (non-hydrogen) atoms. The van der Waals surface area contributed by atoms with E-state index in [2.05, 4.69) is 35.9 Å². The zero-order valence-electron chi connectivity index (χ0n) is 24.7. The molecule has 4 unspecified atom stereocenters. The average Bonchev–Trinajstić information content (AvgIpc) is 3.49. The molecule has 2 aromatic rings. The molecular weight excluding hydrogens is 588 g/mol. The van der Waals surface area contributed by atoms with Crippen LogP contribution >= 0.6 is 0 Å². The molecule has 1 aromatic carbocycles. The number of aromatic nitrogens is 2. The number of aromatic amines is 1. The summed E-state index contributed by atoms with van der Waals surface area (Å²) in [6.45, 7) is 0.319. The minimum Gasteiger partial charge on any atom is -0.508 e. The van der Waals surface area contributed by atoms with Crippen molar-refractivity contribution in [3.63, 3.8) is 0 Å². The van der Waals surface area contributed by atoms with Crippen molar-refractivity contribution in [1.29, 1.82) is 0 Å². The molecule has 0 saturated heterocycles. The number of aliphatic imine (C=N–C) groups is 2. The Labute approximate surface area is 259 Å². The maximum atomic E-state index is 13.6. The van der Waals surface area contributed by atoms with Gasteiger partial charge in [-0.05, 0) is 43.4 Å². The number of hydrogen-bond donors (Lipinski definition) is 11. The quantitative estimate of drug-likeness (QED) is 0.0417. The molecule has 18 nitrogen and oxygen atoms in total. The van der Waals surface area contributed by atoms with E-state index in [1.54, 1.807) is 12.1 Å². The van der Waals surface area contributed by atoms with Crippen molar-refractivity contribution in [3.8, 4) is 5.75 Å². The number of benzene rings is 1. The first-order valence-electron chi connectivity index (χ1n) is 14.1. The fourth-order valence-electron chi connectivity index (χ4n) is 4.16. The molecule has 1 heterocycles. The van der Waals surface area contributed by atoms with Gasteiger partial charge >= 0.3 is 5.97 Å². The number of H-pyrrole nitrogens is 1. The first-order chi connectivity index (χ1) is 21.3. The number of nitrogens with two attached hydrogens (primary N) is 5. The lowest BCUT2D eigenvalue weighted by molar-refractivity contribution is -0.142. The molecule has 0 bridgehead atoms. The summed E-state index contributed by atoms with van der Waals surface area (Å²) in [4.78, 5) is 66.2. The number of amides is 3. The molecule has 0 radical (unpaired) electrons. The zero-order valence-corrected chi connectivity index (χ0v) is 24.7. The van der Waals surface area contributed by atoms with E-state index in [9.17, 15) is 29.4 Å². The lowest BCUT2D eigenvalue weighted by atomic mass is 10.0. The van der Waals surface area contributed by atoms with Crippen LogP contribution in [0.3, 0.4) is 0 Å². The van der Waals surface area contributed by atoms with E-state index in [1.165, 1.54) is 24.7 Å². The monoisotopic (exact) mass is 630 g/mol. The third kappa shape index (κ3) is 13.6. The second-order valence-corrected chi connectivity index (χ2v) is 10.2. The van der Waals surface area contributed by atoms with Gasteiger partial charge in [-0.25, -0.2) is 9.78 Å². The van der Waals surface area contributed by atoms with Gasteiger partial charge in [-0.3, -0.25) is 24.4 Å². The van der Waals surface area contributed by atoms with Crippen LogP contribution in [0.15, 0.2) is 46.8 Å². The normalized spacial score (nSPS) is 13.4. The van der Waals surface area contributed by atoms with E-state index in [1.807, 2.05) is 0 Å². The number of carbonyl (C=O) groups is 4. The molecule has 246 valence electrons. The predicted octanol–water partition coefficient (Wildman–Crippen LogP) is -3.13. The van der Waals surface area contributed by atoms with Crippen LogP contribution < -0.4 is 44.6 Å². The number of aromatic hydroxyl groups is 1. The van der Waals surface area contributed by atoms with Gasteiger partial charge in [0.1, 0.15) is 23.9 Å². The highest BCUT2D eigenvalue weighted by molar-refractivity contribution is 5.94. The number of nitrogens with one attached hydrogen (secondary N) is 4. The predicted molar refractivity (Wildman–Crippen MR) is 165 cm³/mol. The van der Waals surface area contributed by atoms with Gasteiger partial charge in [0.2, 0.25) is 17.7 Å². The lowest BCUT2D eigenvalue weighted by Gasteiger charge is -2.25. The van der Waals surface area contributed by atoms with Gasteiger partial charge in [-0.15, -0.1) is 0 Å². The molecular formula is C27H42N12O6. The largest absolute Gasteiger partial charge is 0.508 e. The summed E-state index contributed by atoms with van der Waals surface area (Å²) >= 11 is 0. The summed E-state index contributed by atoms with van der Waals surface area (Å²) in [5.41, 5.74) is 28.6. The number of phenolic OH excluding ortho intramolecular Hbond substituents is 1. The smallest absolute Gasteiger partial charge is 0.326 e. The summed E-state index contributed by atoms with van der Waals surface area (Å²) in [6, 6.07) is 1.17. The fourth-order valence-corrected chi connectivity index (χ4v) is 4.16. The average molecular weight is 631 g/mol. The van der Waals surface area contributed by atoms with Gasteiger partial charge in [0.05, 0.1) is 12.4 Å². The molecule has 0 aliphatic carbocycles. The van der Waals surface area contributed by atoms with Crippen molar-refractivity contribution in [1.82, 2.24) is 25.9 Å². The first-order valence-corrected chi connectivity index (χ1v) is 14.1. The number of nitrogens with zero attached hydrogens (tertiary/aromatic N) is 3. The summed E-state index contributed by atoms with van der Waals surface area (Å²) in [7, 11) is 0. The number of aliphatic carboxylic acids is 1. The van der Waals surface area contributed by atoms with E-state index in [4.69, 9.17) is 28.7 Å². The van der Waals surface area contributed by atoms with Gasteiger partial charge in [0, 0.05) is 37.8 Å². The number of carboxylic acid groups (broad SMARTS) is 1. The number of carboxylic acids is 1. The molecule has 3 amide bonds. The number of guanidine groups is 2. The minimum atomic E-state index is -1.30. The third-order valence-corrected chi connectivity index (χ3v) is 6.48. The van der Waals surface area contributed by atoms with Crippen LogP contribution in [0.4, 0.5) is 0 Å². The maximum absolute atomic E-state index is 13.6. The SMILES string of the molecule is NC(N)=NCCCC(NC(=O)C(Cc1ccc(O)cc1)NC(=O)C(CCCN=C(N)N)NC(=O)C(N)Cc1cnc[nH]1)C(=O)O. The van der Waals surface area contributed by atoms with Crippen molar-refractivity contribution in [2.45, 2.75) is 62.7 Å². The van der Waals surface area contributed by atoms with Crippen molar-refractivity contribution in [2.24, 2.45) is 38.7 Å². The number of hydrogen-bond acceptors (Lipinski definition) is 9. The van der Waals surface area contributed by atoms with Crippen LogP contribution in [0.2, 0.25) is 0 Å². The van der Waals surface area contributed by atoms with E-state index >= 15 is 0 Å². The Morgan fingerprint density at radius 2 is 1.33 bits per heavy atom. The highest BCUT2D eigenvalue weighted by atomic mass is 16.4. The number of imidazole rings is 1. The Hall–Kier alpha value is -5.39. The Morgan fingerprint density at radius 1 is 0.800 bits per heavy atom. The van der Waals surface area contributed by atoms with E-state index < -0.39 is 47.9 Å². The van der Waals surface area contributed by atoms with Crippen LogP contribution in [-0.2, 0) is 32.0 Å². The topological polar surface area (TPSA) is 328 Å². The highest BCUT2D eigenvalue weighted by Gasteiger charge is 2.30. The van der Waals surface area contributed by atoms with E-state index in [-0.39, 0.29) is 69.3 Å². The summed E-state index contributed by atoms with van der Waals surface area (Å²) in [5.74, 6) is -3.72. The molecule has 18 heteroatoms. The first kappa shape index (κ1) is 35.8. The van der Waals surface area contributed by atoms with Crippen LogP contribution in [0.25, 0.3) is 0 Å². The fraction of sp³-hybridized carbons (Fsp3) is 0.444. The molecule has 2 rings (SSSR count). The molecule has 4 atom stereocenters. The second kappa shape index (κ2) is 18.3. The third-order valence-electron chi connectivity index (χ3n) is 6.48. The number of carbonyl (C=O) groups excluding carboxylic acids is 3. The van der Waals surface area contributed by atoms with E-state index in [0.717, 1.165) is 0 Å². The zero-order chi connectivity index (χ0) is 33.4. The standard InChI is InChI=1S/C27H42N12O6/c28-18(12-16-13-33-14-36-16)22(41)37-19(3-1-9-34-26(29)30)23(42)39-21(11-15-5-7-17(40)8-6-15)24(43)38-20(25(44)45)4-2-10-35-27(31)32/h5-8,13-14,18-21,40H,1-4,9-12,28H2,(H,33,36)(H,37,41)(H,38,43)(H,39,42)(H,44,45)(H4,29,30,34)(H4,31,32,35). The second-order valence-electron chi connectivity index (χ2n) is 10.2. The lowest BCUT2D eigenvalue weighted by Crippen LogP contribution is -2.57. The Bertz CT molecular complexity index is 1310. The van der Waals surface area contributed by atoms with Gasteiger partial charge in [0.25, 0.3) is 0 Å². The Morgan fingerprint density at radius 3 is 1.87 bits per heavy atom. The van der Waals surface area contributed by atoms with Gasteiger partial charge in [-0.1, -0.05) is 12.1 Å². The summed E-state index contributed by atoms with van der Waals surface area (Å²) in [6.07, 6.45) is 3.66. The van der Waals surface area contributed by atoms with E-state index in [0.29, 0.717) is 11.3 Å². The van der Waals surface area contributed by atoms with Crippen LogP contribution in [0.1, 0.15) is 36.9 Å². The van der Waals surface area contributed by atoms with Crippen LogP contribution in [0.5, 0.6) is 5.75 Å². The summed E-state index contributed by atoms with van der Waals surface area (Å²) in [5, 5.41) is 27.1. The van der Waals surface area contributed by atoms with Crippen LogP contribution in [-0.4, -0.2) is 93.0 Å². The van der Waals surface area contributed by atoms with Gasteiger partial charge in [-0.2, -0.15) is 0 Å². The highest BCUT2D eigenvalue weighted by Crippen LogP contribution is 2.13. The molecule has 0 saturated carbocycles. The molecule has 0 aliphatic rings. The maximum Gasteiger partial charge on any atom is 0.326 e. The Balaban J connectivity index is 2.24. The van der Waals surface area contributed by atoms with Crippen molar-refractivity contribution in [2.75, 3.05) is 13.1 Å². The van der Waals surface area contributed by atoms with Gasteiger partial charge < -0.3 is 59.8 Å². The number of rotatable bonds is 19. The summed E-state index contributed by atoms with van der Waals surface area (Å²) < 4.78 is 0. The molecule has 0 spiro atoms.